The Labute approximate surface area is 153 Å². The number of anilines is 1. The zero-order valence-electron chi connectivity index (χ0n) is 14.4. The van der Waals surface area contributed by atoms with Crippen LogP contribution in [0.15, 0.2) is 54.6 Å². The van der Waals surface area contributed by atoms with Gasteiger partial charge in [0.15, 0.2) is 0 Å². The van der Waals surface area contributed by atoms with Crippen molar-refractivity contribution in [3.63, 3.8) is 0 Å². The molecule has 1 aliphatic heterocycles. The van der Waals surface area contributed by atoms with Gasteiger partial charge in [-0.15, -0.1) is 0 Å². The number of hydrogen-bond acceptors (Lipinski definition) is 4. The number of amides is 1. The molecule has 1 fully saturated rings. The molecular weight excluding hydrogens is 332 g/mol. The summed E-state index contributed by atoms with van der Waals surface area (Å²) in [7, 11) is 0. The van der Waals surface area contributed by atoms with E-state index in [0.29, 0.717) is 12.2 Å². The lowest BCUT2D eigenvalue weighted by Gasteiger charge is -2.23. The Hall–Kier alpha value is -1.98. The third-order valence-corrected chi connectivity index (χ3v) is 5.29. The van der Waals surface area contributed by atoms with Gasteiger partial charge in [0, 0.05) is 30.5 Å². The van der Waals surface area contributed by atoms with Crippen LogP contribution in [-0.4, -0.2) is 30.0 Å². The average molecular weight is 356 g/mol. The number of rotatable bonds is 6. The van der Waals surface area contributed by atoms with Gasteiger partial charge in [-0.25, -0.2) is 0 Å². The van der Waals surface area contributed by atoms with Crippen LogP contribution in [0.25, 0.3) is 0 Å². The zero-order chi connectivity index (χ0) is 17.5. The minimum atomic E-state index is -0.0873. The molecule has 1 saturated heterocycles. The quantitative estimate of drug-likeness (QED) is 0.825. The molecule has 0 aromatic heterocycles. The number of ether oxygens (including phenoxy) is 1. The lowest BCUT2D eigenvalue weighted by Crippen LogP contribution is -2.39. The van der Waals surface area contributed by atoms with Crippen LogP contribution < -0.4 is 15.4 Å². The van der Waals surface area contributed by atoms with Gasteiger partial charge in [0.1, 0.15) is 11.9 Å². The Bertz CT molecular complexity index is 687. The van der Waals surface area contributed by atoms with Crippen molar-refractivity contribution in [2.75, 3.05) is 23.4 Å². The Morgan fingerprint density at radius 2 is 2.00 bits per heavy atom. The molecular formula is C20H24N2O2S. The predicted molar refractivity (Wildman–Crippen MR) is 104 cm³/mol. The van der Waals surface area contributed by atoms with Gasteiger partial charge in [0.2, 0.25) is 5.91 Å². The minimum absolute atomic E-state index is 0.0171. The first kappa shape index (κ1) is 17.8. The summed E-state index contributed by atoms with van der Waals surface area (Å²) in [5, 5.41) is 6.39. The van der Waals surface area contributed by atoms with Gasteiger partial charge in [-0.05, 0) is 24.6 Å². The molecule has 2 unspecified atom stereocenters. The fourth-order valence-electron chi connectivity index (χ4n) is 2.83. The molecule has 0 saturated carbocycles. The zero-order valence-corrected chi connectivity index (χ0v) is 15.2. The second kappa shape index (κ2) is 8.92. The number of nitrogens with one attached hydrogen (secondary N) is 2. The van der Waals surface area contributed by atoms with E-state index in [1.165, 1.54) is 0 Å². The first-order valence-electron chi connectivity index (χ1n) is 8.64. The van der Waals surface area contributed by atoms with E-state index in [9.17, 15) is 4.79 Å². The highest BCUT2D eigenvalue weighted by Crippen LogP contribution is 2.29. The third kappa shape index (κ3) is 5.25. The molecule has 4 nitrogen and oxygen atoms in total. The van der Waals surface area contributed by atoms with E-state index in [2.05, 4.69) is 10.6 Å². The van der Waals surface area contributed by atoms with Crippen molar-refractivity contribution in [2.24, 2.45) is 0 Å². The molecule has 3 rings (SSSR count). The molecule has 2 aromatic rings. The molecule has 0 bridgehead atoms. The highest BCUT2D eigenvalue weighted by molar-refractivity contribution is 7.99. The SMILES string of the molecule is CC(Oc1ccccc1NC(=O)CC1CSCCN1)c1ccccc1. The Kier molecular flexibility index (Phi) is 6.36. The summed E-state index contributed by atoms with van der Waals surface area (Å²) in [5.74, 6) is 2.81. The van der Waals surface area contributed by atoms with Crippen molar-refractivity contribution in [1.29, 1.82) is 0 Å². The lowest BCUT2D eigenvalue weighted by molar-refractivity contribution is -0.116. The average Bonchev–Trinajstić information content (AvgIpc) is 2.65. The number of carbonyl (C=O) groups excluding carboxylic acids is 1. The van der Waals surface area contributed by atoms with Crippen LogP contribution >= 0.6 is 11.8 Å². The summed E-state index contributed by atoms with van der Waals surface area (Å²) in [6.07, 6.45) is 0.394. The van der Waals surface area contributed by atoms with Gasteiger partial charge in [-0.2, -0.15) is 11.8 Å². The fourth-order valence-corrected chi connectivity index (χ4v) is 3.78. The molecule has 0 aliphatic carbocycles. The van der Waals surface area contributed by atoms with Crippen LogP contribution in [0.5, 0.6) is 5.75 Å². The fraction of sp³-hybridized carbons (Fsp3) is 0.350. The molecule has 0 radical (unpaired) electrons. The van der Waals surface area contributed by atoms with Crippen molar-refractivity contribution >= 4 is 23.4 Å². The smallest absolute Gasteiger partial charge is 0.226 e. The number of para-hydroxylation sites is 2. The van der Waals surface area contributed by atoms with Crippen molar-refractivity contribution in [2.45, 2.75) is 25.5 Å². The first-order chi connectivity index (χ1) is 12.2. The maximum Gasteiger partial charge on any atom is 0.226 e. The number of benzene rings is 2. The molecule has 2 N–H and O–H groups in total. The number of hydrogen-bond donors (Lipinski definition) is 2. The van der Waals surface area contributed by atoms with Gasteiger partial charge in [-0.3, -0.25) is 4.79 Å². The maximum absolute atomic E-state index is 12.4. The molecule has 25 heavy (non-hydrogen) atoms. The van der Waals surface area contributed by atoms with Crippen LogP contribution in [0.2, 0.25) is 0 Å². The predicted octanol–water partition coefficient (Wildman–Crippen LogP) is 3.86. The molecule has 132 valence electrons. The van der Waals surface area contributed by atoms with Crippen LogP contribution in [0.4, 0.5) is 5.69 Å². The summed E-state index contributed by atoms with van der Waals surface area (Å²) in [5.41, 5.74) is 1.82. The van der Waals surface area contributed by atoms with Crippen molar-refractivity contribution in [3.05, 3.63) is 60.2 Å². The van der Waals surface area contributed by atoms with Gasteiger partial charge >= 0.3 is 0 Å². The highest BCUT2D eigenvalue weighted by Gasteiger charge is 2.18. The molecule has 1 aliphatic rings. The van der Waals surface area contributed by atoms with Crippen LogP contribution in [0.1, 0.15) is 25.0 Å². The van der Waals surface area contributed by atoms with Crippen LogP contribution in [0.3, 0.4) is 0 Å². The van der Waals surface area contributed by atoms with Crippen LogP contribution in [0, 0.1) is 0 Å². The standard InChI is InChI=1S/C20H24N2O2S/c1-15(16-7-3-2-4-8-16)24-19-10-6-5-9-18(19)22-20(23)13-17-14-25-12-11-21-17/h2-10,15,17,21H,11-14H2,1H3,(H,22,23). The van der Waals surface area contributed by atoms with E-state index in [1.807, 2.05) is 73.3 Å². The minimum Gasteiger partial charge on any atom is -0.484 e. The van der Waals surface area contributed by atoms with E-state index in [4.69, 9.17) is 4.74 Å². The molecule has 1 heterocycles. The van der Waals surface area contributed by atoms with E-state index < -0.39 is 0 Å². The summed E-state index contributed by atoms with van der Waals surface area (Å²) < 4.78 is 6.09. The van der Waals surface area contributed by atoms with E-state index in [0.717, 1.165) is 29.3 Å². The molecule has 2 atom stereocenters. The van der Waals surface area contributed by atoms with Gasteiger partial charge in [0.05, 0.1) is 5.69 Å². The number of carbonyl (C=O) groups is 1. The Morgan fingerprint density at radius 1 is 1.24 bits per heavy atom. The van der Waals surface area contributed by atoms with Crippen molar-refractivity contribution < 1.29 is 9.53 Å². The summed E-state index contributed by atoms with van der Waals surface area (Å²) >= 11 is 1.89. The topological polar surface area (TPSA) is 50.4 Å². The second-order valence-corrected chi connectivity index (χ2v) is 7.30. The number of thioether (sulfide) groups is 1. The third-order valence-electron chi connectivity index (χ3n) is 4.16. The van der Waals surface area contributed by atoms with Gasteiger partial charge in [0.25, 0.3) is 0 Å². The largest absolute Gasteiger partial charge is 0.484 e. The lowest BCUT2D eigenvalue weighted by atomic mass is 10.1. The van der Waals surface area contributed by atoms with Gasteiger partial charge in [-0.1, -0.05) is 42.5 Å². The molecule has 1 amide bonds. The van der Waals surface area contributed by atoms with Crippen molar-refractivity contribution in [3.8, 4) is 5.75 Å². The molecule has 5 heteroatoms. The molecule has 0 spiro atoms. The molecule has 2 aromatic carbocycles. The first-order valence-corrected chi connectivity index (χ1v) is 9.79. The van der Waals surface area contributed by atoms with Crippen molar-refractivity contribution in [1.82, 2.24) is 5.32 Å². The normalized spacial score (nSPS) is 18.4. The Balaban J connectivity index is 1.63. The summed E-state index contributed by atoms with van der Waals surface area (Å²) in [6.45, 7) is 2.98. The second-order valence-electron chi connectivity index (χ2n) is 6.15. The van der Waals surface area contributed by atoms with E-state index >= 15 is 0 Å². The van der Waals surface area contributed by atoms with E-state index in [-0.39, 0.29) is 18.1 Å². The highest BCUT2D eigenvalue weighted by atomic mass is 32.2. The Morgan fingerprint density at radius 3 is 2.76 bits per heavy atom. The van der Waals surface area contributed by atoms with E-state index in [1.54, 1.807) is 0 Å². The van der Waals surface area contributed by atoms with Crippen LogP contribution in [-0.2, 0) is 4.79 Å². The summed E-state index contributed by atoms with van der Waals surface area (Å²) in [4.78, 5) is 12.4. The maximum atomic E-state index is 12.4. The van der Waals surface area contributed by atoms with Gasteiger partial charge < -0.3 is 15.4 Å². The summed E-state index contributed by atoms with van der Waals surface area (Å²) in [6, 6.07) is 17.9. The monoisotopic (exact) mass is 356 g/mol.